The number of hydrogen-bond donors (Lipinski definition) is 0. The van der Waals surface area contributed by atoms with Gasteiger partial charge in [-0.15, -0.1) is 0 Å². The summed E-state index contributed by atoms with van der Waals surface area (Å²) >= 11 is 2.99. The van der Waals surface area contributed by atoms with Crippen LogP contribution in [0.4, 0.5) is 4.79 Å². The van der Waals surface area contributed by atoms with Crippen LogP contribution in [-0.4, -0.2) is 35.2 Å². The molecule has 0 spiro atoms. The van der Waals surface area contributed by atoms with E-state index < -0.39 is 17.1 Å². The van der Waals surface area contributed by atoms with Crippen molar-refractivity contribution in [1.29, 1.82) is 0 Å². The largest absolute Gasteiger partial charge is 0.465 e. The van der Waals surface area contributed by atoms with Crippen molar-refractivity contribution in [3.05, 3.63) is 38.3 Å². The molecule has 2 amide bonds. The Balaban J connectivity index is 2.18. The second kappa shape index (κ2) is 7.08. The van der Waals surface area contributed by atoms with Crippen molar-refractivity contribution in [2.75, 3.05) is 13.2 Å². The number of ether oxygens (including phenoxy) is 1. The van der Waals surface area contributed by atoms with Crippen LogP contribution >= 0.6 is 34.4 Å². The lowest BCUT2D eigenvalue weighted by atomic mass is 10.2. The summed E-state index contributed by atoms with van der Waals surface area (Å²) in [6, 6.07) is 7.53. The zero-order chi connectivity index (χ0) is 15.4. The van der Waals surface area contributed by atoms with Crippen molar-refractivity contribution >= 4 is 57.5 Å². The SMILES string of the molecule is CCOC(=O)CN1C(=O)S/C(=C/c2ccccc2I)C1=O. The van der Waals surface area contributed by atoms with E-state index in [1.54, 1.807) is 13.0 Å². The predicted molar refractivity (Wildman–Crippen MR) is 88.5 cm³/mol. The van der Waals surface area contributed by atoms with Gasteiger partial charge >= 0.3 is 5.97 Å². The third-order valence-corrected chi connectivity index (χ3v) is 4.55. The molecular formula is C14H12INO4S. The molecule has 7 heteroatoms. The number of imide groups is 1. The van der Waals surface area contributed by atoms with Gasteiger partial charge in [-0.05, 0) is 59.0 Å². The van der Waals surface area contributed by atoms with Gasteiger partial charge in [0.05, 0.1) is 11.5 Å². The number of halogens is 1. The topological polar surface area (TPSA) is 63.7 Å². The first-order chi connectivity index (χ1) is 10.0. The zero-order valence-electron chi connectivity index (χ0n) is 11.2. The van der Waals surface area contributed by atoms with Crippen LogP contribution in [0.3, 0.4) is 0 Å². The Morgan fingerprint density at radius 2 is 2.10 bits per heavy atom. The van der Waals surface area contributed by atoms with Crippen molar-refractivity contribution in [2.24, 2.45) is 0 Å². The van der Waals surface area contributed by atoms with Gasteiger partial charge in [0.15, 0.2) is 0 Å². The normalized spacial score (nSPS) is 16.7. The zero-order valence-corrected chi connectivity index (χ0v) is 14.1. The third kappa shape index (κ3) is 3.85. The fraction of sp³-hybridized carbons (Fsp3) is 0.214. The highest BCUT2D eigenvalue weighted by atomic mass is 127. The van der Waals surface area contributed by atoms with E-state index in [9.17, 15) is 14.4 Å². The van der Waals surface area contributed by atoms with Gasteiger partial charge in [0.25, 0.3) is 11.1 Å². The Labute approximate surface area is 139 Å². The third-order valence-electron chi connectivity index (χ3n) is 2.66. The van der Waals surface area contributed by atoms with E-state index in [1.165, 1.54) is 0 Å². The lowest BCUT2D eigenvalue weighted by Crippen LogP contribution is -2.34. The molecule has 1 aliphatic rings. The van der Waals surface area contributed by atoms with Gasteiger partial charge in [-0.1, -0.05) is 18.2 Å². The van der Waals surface area contributed by atoms with Gasteiger partial charge in [0.1, 0.15) is 6.54 Å². The molecule has 1 fully saturated rings. The molecule has 5 nitrogen and oxygen atoms in total. The van der Waals surface area contributed by atoms with Crippen LogP contribution in [0.15, 0.2) is 29.2 Å². The highest BCUT2D eigenvalue weighted by molar-refractivity contribution is 14.1. The summed E-state index contributed by atoms with van der Waals surface area (Å²) in [4.78, 5) is 36.6. The first-order valence-corrected chi connectivity index (χ1v) is 8.08. The van der Waals surface area contributed by atoms with E-state index >= 15 is 0 Å². The molecular weight excluding hydrogens is 405 g/mol. The highest BCUT2D eigenvalue weighted by Gasteiger charge is 2.36. The molecule has 1 aromatic rings. The smallest absolute Gasteiger partial charge is 0.326 e. The number of rotatable bonds is 4. The number of amides is 2. The quantitative estimate of drug-likeness (QED) is 0.429. The first-order valence-electron chi connectivity index (χ1n) is 6.18. The van der Waals surface area contributed by atoms with E-state index in [4.69, 9.17) is 4.74 Å². The highest BCUT2D eigenvalue weighted by Crippen LogP contribution is 2.32. The summed E-state index contributed by atoms with van der Waals surface area (Å²) in [7, 11) is 0. The number of thioether (sulfide) groups is 1. The van der Waals surface area contributed by atoms with E-state index in [1.807, 2.05) is 24.3 Å². The molecule has 0 radical (unpaired) electrons. The maximum absolute atomic E-state index is 12.2. The van der Waals surface area contributed by atoms with Gasteiger partial charge in [0.2, 0.25) is 0 Å². The van der Waals surface area contributed by atoms with Crippen LogP contribution in [-0.2, 0) is 14.3 Å². The van der Waals surface area contributed by atoms with Crippen LogP contribution in [0.1, 0.15) is 12.5 Å². The summed E-state index contributed by atoms with van der Waals surface area (Å²) in [6.45, 7) is 1.54. The second-order valence-electron chi connectivity index (χ2n) is 4.09. The lowest BCUT2D eigenvalue weighted by molar-refractivity contribution is -0.145. The van der Waals surface area contributed by atoms with Crippen molar-refractivity contribution in [1.82, 2.24) is 4.90 Å². The monoisotopic (exact) mass is 417 g/mol. The van der Waals surface area contributed by atoms with Gasteiger partial charge in [-0.25, -0.2) is 0 Å². The number of carbonyl (C=O) groups excluding carboxylic acids is 3. The molecule has 1 aromatic carbocycles. The van der Waals surface area contributed by atoms with E-state index in [0.717, 1.165) is 25.8 Å². The maximum atomic E-state index is 12.2. The average Bonchev–Trinajstić information content (AvgIpc) is 2.69. The fourth-order valence-corrected chi connectivity index (χ4v) is 3.08. The number of hydrogen-bond acceptors (Lipinski definition) is 5. The van der Waals surface area contributed by atoms with Gasteiger partial charge in [-0.3, -0.25) is 19.3 Å². The van der Waals surface area contributed by atoms with Crippen LogP contribution in [0.2, 0.25) is 0 Å². The molecule has 0 atom stereocenters. The number of esters is 1. The van der Waals surface area contributed by atoms with Crippen LogP contribution in [0.25, 0.3) is 6.08 Å². The maximum Gasteiger partial charge on any atom is 0.326 e. The van der Waals surface area contributed by atoms with Crippen molar-refractivity contribution in [3.8, 4) is 0 Å². The Kier molecular flexibility index (Phi) is 5.40. The van der Waals surface area contributed by atoms with Crippen molar-refractivity contribution in [3.63, 3.8) is 0 Å². The van der Waals surface area contributed by atoms with E-state index in [0.29, 0.717) is 4.91 Å². The molecule has 0 unspecified atom stereocenters. The molecule has 21 heavy (non-hydrogen) atoms. The van der Waals surface area contributed by atoms with E-state index in [2.05, 4.69) is 22.6 Å². The number of carbonyl (C=O) groups is 3. The second-order valence-corrected chi connectivity index (χ2v) is 6.25. The molecule has 0 aliphatic carbocycles. The summed E-state index contributed by atoms with van der Waals surface area (Å²) in [6.07, 6.45) is 1.66. The minimum Gasteiger partial charge on any atom is -0.465 e. The van der Waals surface area contributed by atoms with Crippen molar-refractivity contribution < 1.29 is 19.1 Å². The van der Waals surface area contributed by atoms with Crippen molar-refractivity contribution in [2.45, 2.75) is 6.92 Å². The molecule has 2 rings (SSSR count). The summed E-state index contributed by atoms with van der Waals surface area (Å²) in [5.41, 5.74) is 0.861. The molecule has 0 N–H and O–H groups in total. The molecule has 110 valence electrons. The predicted octanol–water partition coefficient (Wildman–Crippen LogP) is 2.89. The first kappa shape index (κ1) is 16.0. The summed E-state index contributed by atoms with van der Waals surface area (Å²) in [5, 5.41) is -0.453. The fourth-order valence-electron chi connectivity index (χ4n) is 1.71. The average molecular weight is 417 g/mol. The Hall–Kier alpha value is -1.35. The minimum atomic E-state index is -0.588. The standard InChI is InChI=1S/C14H12INO4S/c1-2-20-12(17)8-16-13(18)11(21-14(16)19)7-9-5-3-4-6-10(9)15/h3-7H,2,8H2,1H3/b11-7+. The van der Waals surface area contributed by atoms with Gasteiger partial charge in [-0.2, -0.15) is 0 Å². The molecule has 0 bridgehead atoms. The lowest BCUT2D eigenvalue weighted by Gasteiger charge is -2.10. The van der Waals surface area contributed by atoms with Gasteiger partial charge in [0, 0.05) is 3.57 Å². The molecule has 0 saturated carbocycles. The Bertz CT molecular complexity index is 629. The Morgan fingerprint density at radius 3 is 2.76 bits per heavy atom. The van der Waals surface area contributed by atoms with Crippen LogP contribution in [0, 0.1) is 3.57 Å². The molecule has 1 aliphatic heterocycles. The molecule has 1 heterocycles. The van der Waals surface area contributed by atoms with Crippen LogP contribution < -0.4 is 0 Å². The number of nitrogens with zero attached hydrogens (tertiary/aromatic N) is 1. The van der Waals surface area contributed by atoms with Crippen LogP contribution in [0.5, 0.6) is 0 Å². The number of benzene rings is 1. The summed E-state index contributed by atoms with van der Waals surface area (Å²) in [5.74, 6) is -1.05. The van der Waals surface area contributed by atoms with Gasteiger partial charge < -0.3 is 4.74 Å². The molecule has 1 saturated heterocycles. The summed E-state index contributed by atoms with van der Waals surface area (Å²) < 4.78 is 5.74. The minimum absolute atomic E-state index is 0.215. The van der Waals surface area contributed by atoms with E-state index in [-0.39, 0.29) is 13.2 Å². The Morgan fingerprint density at radius 1 is 1.38 bits per heavy atom. The molecule has 0 aromatic heterocycles.